The molecule has 0 spiro atoms. The van der Waals surface area contributed by atoms with Crippen LogP contribution in [0, 0.1) is 17.3 Å². The Morgan fingerprint density at radius 1 is 0.817 bits per heavy atom. The summed E-state index contributed by atoms with van der Waals surface area (Å²) in [6.45, 7) is 11.2. The minimum absolute atomic E-state index is 0.120. The molecule has 2 aromatic rings. The standard InChI is InChI=1S/C42H59BClN7O9/c1-22(36(54)50-31(21-34(46)53)39(57)48-24(3)43-59-33-20-28-19-32(41(28,4)5)42(33,6)60-43)47-40(58)35(23(2)52)51-38(56)30(9-7-8-18-45)49-37(55)27-12-10-25(11-13-27)26-14-16-29(44)17-15-26/h10-17,22-24,28,30-33,35,52H,7-9,18-21,45H2,1-6H3,(H2,46,53)(H,47,58)(H,48,57)(H,49,55)(H,50,54)(H,51,56)/t22-,23+,24-,28-,30-,31-,32-,33?,35-,42-/m0/s1. The van der Waals surface area contributed by atoms with Gasteiger partial charge in [0.1, 0.15) is 24.2 Å². The van der Waals surface area contributed by atoms with Crippen LogP contribution in [0.15, 0.2) is 48.5 Å². The molecule has 1 unspecified atom stereocenters. The Morgan fingerprint density at radius 3 is 2.02 bits per heavy atom. The van der Waals surface area contributed by atoms with Crippen molar-refractivity contribution in [3.8, 4) is 11.1 Å². The Balaban J connectivity index is 1.17. The zero-order valence-corrected chi connectivity index (χ0v) is 35.8. The highest BCUT2D eigenvalue weighted by atomic mass is 35.5. The molecule has 326 valence electrons. The normalized spacial score (nSPS) is 24.2. The van der Waals surface area contributed by atoms with E-state index in [0.29, 0.717) is 41.8 Å². The van der Waals surface area contributed by atoms with E-state index < -0.39 is 90.8 Å². The number of unbranched alkanes of at least 4 members (excludes halogenated alkanes) is 1. The SMILES string of the molecule is C[C@H](NC(=O)[C@H](CC(N)=O)NC(=O)[C@H](C)NC(=O)[C@@H](NC(=O)[C@H](CCCCN)NC(=O)c1ccc(-c2ccc(Cl)cc2)cc1)[C@@H](C)O)B1OC2C[C@@H]3C[C@@H](C3(C)C)[C@]2(C)O1. The third kappa shape index (κ3) is 10.7. The number of aliphatic hydroxyl groups is 1. The quantitative estimate of drug-likeness (QED) is 0.0751. The maximum absolute atomic E-state index is 13.6. The fraction of sp³-hybridized carbons (Fsp3) is 0.571. The molecule has 10 N–H and O–H groups in total. The molecule has 16 nitrogen and oxygen atoms in total. The van der Waals surface area contributed by atoms with Crippen molar-refractivity contribution in [2.75, 3.05) is 6.54 Å². The third-order valence-electron chi connectivity index (χ3n) is 12.5. The number of hydrogen-bond donors (Lipinski definition) is 8. The van der Waals surface area contributed by atoms with Gasteiger partial charge in [-0.1, -0.05) is 49.7 Å². The number of nitrogens with two attached hydrogens (primary N) is 2. The van der Waals surface area contributed by atoms with Crippen LogP contribution in [0.4, 0.5) is 0 Å². The van der Waals surface area contributed by atoms with Gasteiger partial charge in [-0.25, -0.2) is 0 Å². The Hall–Kier alpha value is -4.55. The number of benzene rings is 2. The van der Waals surface area contributed by atoms with Crippen molar-refractivity contribution in [2.24, 2.45) is 28.7 Å². The zero-order chi connectivity index (χ0) is 44.1. The summed E-state index contributed by atoms with van der Waals surface area (Å²) in [5.74, 6) is -4.40. The van der Waals surface area contributed by atoms with E-state index in [1.54, 1.807) is 43.3 Å². The summed E-state index contributed by atoms with van der Waals surface area (Å²) in [4.78, 5) is 79.2. The number of carbonyl (C=O) groups excluding carboxylic acids is 6. The van der Waals surface area contributed by atoms with Gasteiger partial charge in [-0.05, 0) is 119 Å². The van der Waals surface area contributed by atoms with E-state index in [-0.39, 0.29) is 17.9 Å². The minimum atomic E-state index is -1.54. The molecule has 0 radical (unpaired) electrons. The lowest BCUT2D eigenvalue weighted by Crippen LogP contribution is -2.65. The summed E-state index contributed by atoms with van der Waals surface area (Å²) in [6.07, 6.45) is 1.06. The van der Waals surface area contributed by atoms with E-state index in [1.165, 1.54) is 13.8 Å². The third-order valence-corrected chi connectivity index (χ3v) is 12.7. The molecule has 4 fully saturated rings. The first-order valence-electron chi connectivity index (χ1n) is 20.6. The molecule has 2 bridgehead atoms. The topological polar surface area (TPSA) is 253 Å². The maximum atomic E-state index is 13.6. The van der Waals surface area contributed by atoms with Crippen molar-refractivity contribution in [1.29, 1.82) is 0 Å². The van der Waals surface area contributed by atoms with E-state index in [0.717, 1.165) is 24.0 Å². The molecule has 6 amide bonds. The summed E-state index contributed by atoms with van der Waals surface area (Å²) in [5, 5.41) is 24.1. The average Bonchev–Trinajstić information content (AvgIpc) is 3.56. The first kappa shape index (κ1) is 46.5. The first-order valence-corrected chi connectivity index (χ1v) is 21.0. The number of rotatable bonds is 19. The Morgan fingerprint density at radius 2 is 1.43 bits per heavy atom. The van der Waals surface area contributed by atoms with E-state index in [2.05, 4.69) is 47.4 Å². The predicted octanol–water partition coefficient (Wildman–Crippen LogP) is 1.74. The second-order valence-electron chi connectivity index (χ2n) is 17.2. The summed E-state index contributed by atoms with van der Waals surface area (Å²) >= 11 is 6.00. The highest BCUT2D eigenvalue weighted by Crippen LogP contribution is 2.65. The molecule has 3 saturated carbocycles. The van der Waals surface area contributed by atoms with Crippen LogP contribution in [0.5, 0.6) is 0 Å². The second kappa shape index (κ2) is 19.4. The van der Waals surface area contributed by atoms with E-state index >= 15 is 0 Å². The number of carbonyl (C=O) groups is 6. The fourth-order valence-electron chi connectivity index (χ4n) is 8.70. The Labute approximate surface area is 356 Å². The molecule has 10 atom stereocenters. The molecule has 18 heteroatoms. The second-order valence-corrected chi connectivity index (χ2v) is 17.7. The molecule has 1 heterocycles. The van der Waals surface area contributed by atoms with Crippen molar-refractivity contribution >= 4 is 54.2 Å². The minimum Gasteiger partial charge on any atom is -0.404 e. The zero-order valence-electron chi connectivity index (χ0n) is 35.1. The molecule has 1 aliphatic heterocycles. The Kier molecular flexibility index (Phi) is 15.1. The van der Waals surface area contributed by atoms with Gasteiger partial charge in [-0.3, -0.25) is 28.8 Å². The Bertz CT molecular complexity index is 1900. The number of nitrogens with one attached hydrogen (secondary N) is 5. The number of hydrogen-bond acceptors (Lipinski definition) is 10. The first-order chi connectivity index (χ1) is 28.2. The van der Waals surface area contributed by atoms with Gasteiger partial charge in [0.05, 0.1) is 30.2 Å². The molecule has 6 rings (SSSR count). The average molecular weight is 852 g/mol. The lowest BCUT2D eigenvalue weighted by atomic mass is 9.43. The highest BCUT2D eigenvalue weighted by molar-refractivity contribution is 6.47. The van der Waals surface area contributed by atoms with Crippen molar-refractivity contribution < 1.29 is 43.2 Å². The van der Waals surface area contributed by atoms with E-state index in [1.807, 2.05) is 12.1 Å². The maximum Gasteiger partial charge on any atom is 0.481 e. The number of aliphatic hydroxyl groups excluding tert-OH is 1. The molecule has 2 aromatic carbocycles. The van der Waals surface area contributed by atoms with Crippen LogP contribution in [0.2, 0.25) is 5.02 Å². The number of amides is 6. The van der Waals surface area contributed by atoms with Crippen LogP contribution < -0.4 is 38.1 Å². The largest absolute Gasteiger partial charge is 0.481 e. The van der Waals surface area contributed by atoms with Crippen LogP contribution in [0.25, 0.3) is 11.1 Å². The van der Waals surface area contributed by atoms with Gasteiger partial charge in [0.25, 0.3) is 5.91 Å². The molecular formula is C42H59BClN7O9. The lowest BCUT2D eigenvalue weighted by molar-refractivity contribution is -0.199. The van der Waals surface area contributed by atoms with Gasteiger partial charge in [-0.2, -0.15) is 0 Å². The summed E-state index contributed by atoms with van der Waals surface area (Å²) in [7, 11) is -0.754. The van der Waals surface area contributed by atoms with Crippen LogP contribution in [0.3, 0.4) is 0 Å². The van der Waals surface area contributed by atoms with Gasteiger partial charge in [-0.15, -0.1) is 0 Å². The number of halogens is 1. The van der Waals surface area contributed by atoms with Crippen LogP contribution in [0.1, 0.15) is 90.4 Å². The molecule has 1 saturated heterocycles. The number of primary amides is 1. The molecular weight excluding hydrogens is 793 g/mol. The summed E-state index contributed by atoms with van der Waals surface area (Å²) in [5.41, 5.74) is 12.8. The van der Waals surface area contributed by atoms with E-state index in [9.17, 15) is 33.9 Å². The fourth-order valence-corrected chi connectivity index (χ4v) is 8.83. The van der Waals surface area contributed by atoms with Crippen LogP contribution in [-0.2, 0) is 33.3 Å². The van der Waals surface area contributed by atoms with Crippen molar-refractivity contribution in [1.82, 2.24) is 26.6 Å². The van der Waals surface area contributed by atoms with Crippen molar-refractivity contribution in [3.05, 3.63) is 59.1 Å². The predicted molar refractivity (Wildman–Crippen MR) is 226 cm³/mol. The smallest absolute Gasteiger partial charge is 0.404 e. The highest BCUT2D eigenvalue weighted by Gasteiger charge is 2.68. The molecule has 4 aliphatic rings. The monoisotopic (exact) mass is 851 g/mol. The lowest BCUT2D eigenvalue weighted by Gasteiger charge is -2.64. The van der Waals surface area contributed by atoms with E-state index in [4.69, 9.17) is 32.4 Å². The molecule has 3 aliphatic carbocycles. The summed E-state index contributed by atoms with van der Waals surface area (Å²) in [6, 6.07) is 8.66. The van der Waals surface area contributed by atoms with Crippen molar-refractivity contribution in [2.45, 2.75) is 128 Å². The van der Waals surface area contributed by atoms with Crippen molar-refractivity contribution in [3.63, 3.8) is 0 Å². The van der Waals surface area contributed by atoms with Gasteiger partial charge in [0.15, 0.2) is 0 Å². The summed E-state index contributed by atoms with van der Waals surface area (Å²) < 4.78 is 12.7. The van der Waals surface area contributed by atoms with Gasteiger partial charge in [0.2, 0.25) is 29.5 Å². The van der Waals surface area contributed by atoms with Crippen LogP contribution >= 0.6 is 11.6 Å². The molecule has 60 heavy (non-hydrogen) atoms. The van der Waals surface area contributed by atoms with Gasteiger partial charge >= 0.3 is 7.12 Å². The van der Waals surface area contributed by atoms with Gasteiger partial charge < -0.3 is 52.5 Å². The van der Waals surface area contributed by atoms with Crippen LogP contribution in [-0.4, -0.2) is 102 Å². The van der Waals surface area contributed by atoms with Gasteiger partial charge in [0, 0.05) is 10.6 Å². The molecule has 0 aromatic heterocycles.